The minimum atomic E-state index is -0.607. The summed E-state index contributed by atoms with van der Waals surface area (Å²) in [4.78, 5) is 10.5. The number of nitrogens with zero attached hydrogens (tertiary/aromatic N) is 1. The number of benzene rings is 1. The Morgan fingerprint density at radius 2 is 2.25 bits per heavy atom. The van der Waals surface area contributed by atoms with E-state index in [2.05, 4.69) is 15.5 Å². The molecule has 0 atom stereocenters. The standard InChI is InChI=1S/C11H12FN3O/c1-11(2,13-6-16)10-7-4-3-5-8(12)9(7)14-15-10/h3-6H,1-2H3,(H,13,16)(H,14,15). The SMILES string of the molecule is CC(C)(NC=O)c1[nH]nc2c(F)cccc12. The van der Waals surface area contributed by atoms with Crippen molar-refractivity contribution in [1.82, 2.24) is 15.5 Å². The number of amides is 1. The Hall–Kier alpha value is -1.91. The van der Waals surface area contributed by atoms with E-state index in [4.69, 9.17) is 0 Å². The molecule has 0 aliphatic carbocycles. The minimum absolute atomic E-state index is 0.290. The molecule has 1 amide bonds. The van der Waals surface area contributed by atoms with E-state index < -0.39 is 5.54 Å². The molecular formula is C11H12FN3O. The first-order valence-corrected chi connectivity index (χ1v) is 4.90. The van der Waals surface area contributed by atoms with Crippen LogP contribution in [0.4, 0.5) is 4.39 Å². The van der Waals surface area contributed by atoms with Gasteiger partial charge in [-0.2, -0.15) is 5.10 Å². The molecule has 4 nitrogen and oxygen atoms in total. The molecule has 0 aliphatic rings. The van der Waals surface area contributed by atoms with Crippen LogP contribution in [0.25, 0.3) is 10.9 Å². The zero-order valence-electron chi connectivity index (χ0n) is 9.04. The van der Waals surface area contributed by atoms with Gasteiger partial charge in [-0.25, -0.2) is 4.39 Å². The van der Waals surface area contributed by atoms with E-state index in [1.165, 1.54) is 6.07 Å². The number of para-hydroxylation sites is 1. The molecule has 0 saturated carbocycles. The van der Waals surface area contributed by atoms with E-state index in [0.29, 0.717) is 23.0 Å². The summed E-state index contributed by atoms with van der Waals surface area (Å²) < 4.78 is 13.4. The second-order valence-electron chi connectivity index (χ2n) is 4.12. The van der Waals surface area contributed by atoms with Crippen LogP contribution in [0.15, 0.2) is 18.2 Å². The van der Waals surface area contributed by atoms with Crippen molar-refractivity contribution in [1.29, 1.82) is 0 Å². The van der Waals surface area contributed by atoms with Crippen LogP contribution >= 0.6 is 0 Å². The van der Waals surface area contributed by atoms with Crippen molar-refractivity contribution in [2.45, 2.75) is 19.4 Å². The number of fused-ring (bicyclic) bond motifs is 1. The third-order valence-electron chi connectivity index (χ3n) is 2.58. The lowest BCUT2D eigenvalue weighted by atomic mass is 9.97. The van der Waals surface area contributed by atoms with Crippen molar-refractivity contribution in [3.05, 3.63) is 29.7 Å². The molecule has 0 unspecified atom stereocenters. The molecule has 0 saturated heterocycles. The molecule has 2 rings (SSSR count). The number of carbonyl (C=O) groups is 1. The van der Waals surface area contributed by atoms with Crippen molar-refractivity contribution in [2.24, 2.45) is 0 Å². The first kappa shape index (κ1) is 10.6. The van der Waals surface area contributed by atoms with Gasteiger partial charge in [0.15, 0.2) is 5.82 Å². The number of hydrogen-bond donors (Lipinski definition) is 2. The lowest BCUT2D eigenvalue weighted by Crippen LogP contribution is -2.35. The summed E-state index contributed by atoms with van der Waals surface area (Å²) in [6, 6.07) is 4.74. The molecule has 0 fully saturated rings. The molecule has 0 aliphatic heterocycles. The predicted octanol–water partition coefficient (Wildman–Crippen LogP) is 1.68. The zero-order chi connectivity index (χ0) is 11.8. The average Bonchev–Trinajstić information content (AvgIpc) is 2.63. The van der Waals surface area contributed by atoms with E-state index in [9.17, 15) is 9.18 Å². The van der Waals surface area contributed by atoms with E-state index in [-0.39, 0.29) is 5.82 Å². The van der Waals surface area contributed by atoms with Crippen LogP contribution in [0, 0.1) is 5.82 Å². The zero-order valence-corrected chi connectivity index (χ0v) is 9.04. The average molecular weight is 221 g/mol. The van der Waals surface area contributed by atoms with Crippen molar-refractivity contribution in [2.75, 3.05) is 0 Å². The van der Waals surface area contributed by atoms with Crippen LogP contribution in [0.1, 0.15) is 19.5 Å². The minimum Gasteiger partial charge on any atom is -0.348 e. The van der Waals surface area contributed by atoms with Crippen LogP contribution in [-0.4, -0.2) is 16.6 Å². The molecule has 2 N–H and O–H groups in total. The summed E-state index contributed by atoms with van der Waals surface area (Å²) in [6.45, 7) is 3.64. The van der Waals surface area contributed by atoms with Gasteiger partial charge in [0.05, 0.1) is 11.2 Å². The van der Waals surface area contributed by atoms with E-state index in [1.54, 1.807) is 12.1 Å². The van der Waals surface area contributed by atoms with Crippen LogP contribution in [0.5, 0.6) is 0 Å². The highest BCUT2D eigenvalue weighted by Crippen LogP contribution is 2.26. The topological polar surface area (TPSA) is 57.8 Å². The van der Waals surface area contributed by atoms with Crippen LogP contribution in [0.2, 0.25) is 0 Å². The van der Waals surface area contributed by atoms with Crippen LogP contribution < -0.4 is 5.32 Å². The normalized spacial score (nSPS) is 11.7. The predicted molar refractivity (Wildman–Crippen MR) is 58.3 cm³/mol. The third kappa shape index (κ3) is 1.54. The molecule has 1 aromatic heterocycles. The lowest BCUT2D eigenvalue weighted by Gasteiger charge is -2.22. The maximum atomic E-state index is 13.4. The number of carbonyl (C=O) groups excluding carboxylic acids is 1. The van der Waals surface area contributed by atoms with Gasteiger partial charge in [0.2, 0.25) is 6.41 Å². The van der Waals surface area contributed by atoms with Gasteiger partial charge in [-0.3, -0.25) is 9.89 Å². The summed E-state index contributed by atoms with van der Waals surface area (Å²) >= 11 is 0. The Morgan fingerprint density at radius 1 is 1.50 bits per heavy atom. The summed E-state index contributed by atoms with van der Waals surface area (Å²) in [7, 11) is 0. The Morgan fingerprint density at radius 3 is 2.94 bits per heavy atom. The number of nitrogens with one attached hydrogen (secondary N) is 2. The Labute approximate surface area is 91.8 Å². The molecule has 2 aromatic rings. The summed E-state index contributed by atoms with van der Waals surface area (Å²) in [6.07, 6.45) is 0.617. The highest BCUT2D eigenvalue weighted by molar-refractivity contribution is 5.83. The second-order valence-corrected chi connectivity index (χ2v) is 4.12. The molecule has 84 valence electrons. The molecule has 16 heavy (non-hydrogen) atoms. The number of aromatic nitrogens is 2. The van der Waals surface area contributed by atoms with Gasteiger partial charge in [-0.15, -0.1) is 0 Å². The fourth-order valence-electron chi connectivity index (χ4n) is 1.70. The molecule has 5 heteroatoms. The third-order valence-corrected chi connectivity index (χ3v) is 2.58. The molecule has 1 heterocycles. The molecular weight excluding hydrogens is 209 g/mol. The largest absolute Gasteiger partial charge is 0.348 e. The molecule has 0 radical (unpaired) electrons. The number of rotatable bonds is 3. The molecule has 0 bridgehead atoms. The number of hydrogen-bond acceptors (Lipinski definition) is 2. The monoisotopic (exact) mass is 221 g/mol. The Kier molecular flexibility index (Phi) is 2.38. The van der Waals surface area contributed by atoms with Gasteiger partial charge in [-0.05, 0) is 19.9 Å². The fraction of sp³-hybridized carbons (Fsp3) is 0.273. The van der Waals surface area contributed by atoms with Crippen LogP contribution in [-0.2, 0) is 10.3 Å². The Balaban J connectivity index is 2.62. The lowest BCUT2D eigenvalue weighted by molar-refractivity contribution is -0.111. The fourth-order valence-corrected chi connectivity index (χ4v) is 1.70. The molecule has 1 aromatic carbocycles. The number of H-pyrrole nitrogens is 1. The van der Waals surface area contributed by atoms with Gasteiger partial charge in [0, 0.05) is 5.39 Å². The van der Waals surface area contributed by atoms with Gasteiger partial charge in [-0.1, -0.05) is 12.1 Å². The van der Waals surface area contributed by atoms with Crippen LogP contribution in [0.3, 0.4) is 0 Å². The van der Waals surface area contributed by atoms with E-state index in [1.807, 2.05) is 13.8 Å². The van der Waals surface area contributed by atoms with Gasteiger partial charge in [0.1, 0.15) is 5.52 Å². The smallest absolute Gasteiger partial charge is 0.207 e. The quantitative estimate of drug-likeness (QED) is 0.775. The first-order valence-electron chi connectivity index (χ1n) is 4.90. The number of halogens is 1. The highest BCUT2D eigenvalue weighted by atomic mass is 19.1. The van der Waals surface area contributed by atoms with Gasteiger partial charge >= 0.3 is 0 Å². The summed E-state index contributed by atoms with van der Waals surface area (Å²) in [5, 5.41) is 10.0. The summed E-state index contributed by atoms with van der Waals surface area (Å²) in [5.41, 5.74) is 0.372. The van der Waals surface area contributed by atoms with Crippen molar-refractivity contribution < 1.29 is 9.18 Å². The number of aromatic amines is 1. The summed E-state index contributed by atoms with van der Waals surface area (Å²) in [5.74, 6) is -0.373. The maximum Gasteiger partial charge on any atom is 0.207 e. The van der Waals surface area contributed by atoms with E-state index in [0.717, 1.165) is 0 Å². The molecule has 0 spiro atoms. The van der Waals surface area contributed by atoms with E-state index >= 15 is 0 Å². The second kappa shape index (κ2) is 3.59. The van der Waals surface area contributed by atoms with Crippen molar-refractivity contribution in [3.63, 3.8) is 0 Å². The van der Waals surface area contributed by atoms with Gasteiger partial charge < -0.3 is 5.32 Å². The first-order chi connectivity index (χ1) is 7.56. The maximum absolute atomic E-state index is 13.4. The van der Waals surface area contributed by atoms with Crippen molar-refractivity contribution >= 4 is 17.3 Å². The highest BCUT2D eigenvalue weighted by Gasteiger charge is 2.24. The van der Waals surface area contributed by atoms with Crippen molar-refractivity contribution in [3.8, 4) is 0 Å². The van der Waals surface area contributed by atoms with Gasteiger partial charge in [0.25, 0.3) is 0 Å². The Bertz CT molecular complexity index is 533.